The van der Waals surface area contributed by atoms with E-state index < -0.39 is 46.0 Å². The molecule has 2 unspecified atom stereocenters. The molecule has 2 atom stereocenters. The van der Waals surface area contributed by atoms with E-state index in [4.69, 9.17) is 151 Å². The molecule has 0 amide bonds. The van der Waals surface area contributed by atoms with Crippen LogP contribution >= 0.6 is 168 Å². The van der Waals surface area contributed by atoms with Gasteiger partial charge in [0.15, 0.2) is 4.96 Å². The molecule has 2 N–H and O–H groups in total. The molecule has 0 saturated carbocycles. The molecule has 0 aliphatic heterocycles. The number of nitrogens with one attached hydrogen (secondary N) is 2. The van der Waals surface area contributed by atoms with Gasteiger partial charge in [-0.1, -0.05) is 144 Å². The van der Waals surface area contributed by atoms with Crippen molar-refractivity contribution in [2.45, 2.75) is 77.1 Å². The van der Waals surface area contributed by atoms with Gasteiger partial charge in [-0.3, -0.25) is 0 Å². The third-order valence-electron chi connectivity index (χ3n) is 6.33. The third kappa shape index (κ3) is 76.5. The Morgan fingerprint density at radius 3 is 1.15 bits per heavy atom. The Kier molecular flexibility index (Phi) is 109. The van der Waals surface area contributed by atoms with Gasteiger partial charge in [0.05, 0.1) is 0 Å². The quantitative estimate of drug-likeness (QED) is 0.0420. The summed E-state index contributed by atoms with van der Waals surface area (Å²) in [5, 5.41) is 9.89. The number of rotatable bonds is 12. The van der Waals surface area contributed by atoms with Crippen LogP contribution in [-0.2, 0) is 41.0 Å². The average Bonchev–Trinajstić information content (AvgIpc) is 3.37. The summed E-state index contributed by atoms with van der Waals surface area (Å²) in [6.07, 6.45) is 0. The number of para-hydroxylation sites is 2. The van der Waals surface area contributed by atoms with E-state index in [-0.39, 0.29) is 90.1 Å². The standard InChI is InChI=1S/C7H5Cl3Se.C7H7Cl2N.C7H7Cl2P.C7H5ClSe.C7H7N.C7H7P.3C2H6.3CH4.6CH3.6ClH.2Os.Ru/c8-5-1-3-6(4-2-5)11-7(9)10;2*8-7(9)10-6-4-2-1-3-5-6;1-9-7-4-2-6(8)3-5-7;2*1-8-7-5-3-2-4-6-7;3*1-2;;;;;;;;;;;;;;;;;;/h1-4,7H;2*1-5,7,10H;1-5H;2*1-6,8H;3*1-2H3;3*1H4;6*1H3;6*1H;;;/q;;;;;;;;;;;;6*-1;;;;;;;3*+2/p-6. The normalized spacial score (nSPS) is 9.11. The first-order valence-electron chi connectivity index (χ1n) is 20.4. The maximum absolute atomic E-state index is 5.73. The molecule has 0 bridgehead atoms. The van der Waals surface area contributed by atoms with E-state index >= 15 is 0 Å². The summed E-state index contributed by atoms with van der Waals surface area (Å²) in [7, 11) is 35.3. The van der Waals surface area contributed by atoms with Crippen LogP contribution in [0.15, 0.2) is 170 Å². The Morgan fingerprint density at radius 2 is 0.825 bits per heavy atom. The molecule has 0 fully saturated rings. The molecule has 0 aliphatic carbocycles. The molecule has 0 spiro atoms. The van der Waals surface area contributed by atoms with Crippen LogP contribution in [0.25, 0.3) is 0 Å². The van der Waals surface area contributed by atoms with Crippen LogP contribution in [0.3, 0.4) is 0 Å². The first kappa shape index (κ1) is 110. The molecule has 80 heavy (non-hydrogen) atoms. The van der Waals surface area contributed by atoms with Gasteiger partial charge >= 0.3 is 345 Å². The number of alkyl halides is 6. The zero-order valence-corrected chi connectivity index (χ0v) is 67.6. The summed E-state index contributed by atoms with van der Waals surface area (Å²) < 4.78 is 7.76. The van der Waals surface area contributed by atoms with Crippen molar-refractivity contribution in [3.63, 3.8) is 0 Å². The van der Waals surface area contributed by atoms with E-state index in [1.807, 2.05) is 203 Å². The SMILES string of the molecule is C.C.C.CC.CC.CC.ClC(Cl)Nc1ccccc1.ClC(Cl)Pc1ccccc1.Clc1ccc([Se]C(Cl)Cl)cc1.Clc1ccc([Se][CH]=[Ru]([Cl])[Cl])cc1.[CH3-].[CH3-].[CH3-].[CH3-].[CH3-].[CH3-].[Cl][Os]([Cl])=[CH]Nc1ccccc1.[Cl][Os]([Cl])=[CH]Pc1ccccc1. The summed E-state index contributed by atoms with van der Waals surface area (Å²) in [4.78, 5) is -0.539. The second-order valence-corrected chi connectivity index (χ2v) is 48.7. The summed E-state index contributed by atoms with van der Waals surface area (Å²) >= 11 is 39.9. The van der Waals surface area contributed by atoms with Gasteiger partial charge in [0.1, 0.15) is 4.58 Å². The van der Waals surface area contributed by atoms with Crippen molar-refractivity contribution < 1.29 is 41.0 Å². The zero-order chi connectivity index (χ0) is 54.2. The molecular weight excluding hydrogens is 1910 g/mol. The van der Waals surface area contributed by atoms with Crippen LogP contribution in [0.5, 0.6) is 0 Å². The van der Waals surface area contributed by atoms with Gasteiger partial charge in [0, 0.05) is 5.69 Å². The fraction of sp³-hybridized carbons (Fsp3) is 0.211. The predicted octanol–water partition coefficient (Wildman–Crippen LogP) is 23.5. The summed E-state index contributed by atoms with van der Waals surface area (Å²) in [6.45, 7) is 12.0. The van der Waals surface area contributed by atoms with E-state index in [2.05, 4.69) is 27.1 Å². The summed E-state index contributed by atoms with van der Waals surface area (Å²) in [6, 6.07) is 55.0. The monoisotopic (exact) mass is 2000 g/mol. The molecule has 0 aliphatic rings. The van der Waals surface area contributed by atoms with Crippen molar-refractivity contribution in [3.05, 3.63) is 224 Å². The maximum atomic E-state index is 5.73. The van der Waals surface area contributed by atoms with Crippen molar-refractivity contribution in [1.29, 1.82) is 0 Å². The Morgan fingerprint density at radius 1 is 0.475 bits per heavy atom. The number of halogens is 14. The molecule has 0 radical (unpaired) electrons. The van der Waals surface area contributed by atoms with Crippen LogP contribution in [-0.4, -0.2) is 55.7 Å². The van der Waals surface area contributed by atoms with E-state index in [1.165, 1.54) is 15.1 Å². The molecule has 23 heteroatoms. The van der Waals surface area contributed by atoms with E-state index in [0.717, 1.165) is 25.9 Å². The molecule has 0 heterocycles. The first-order valence-corrected chi connectivity index (χ1v) is 50.6. The van der Waals surface area contributed by atoms with Gasteiger partial charge in [-0.25, -0.2) is 0 Å². The van der Waals surface area contributed by atoms with Crippen LogP contribution in [0.2, 0.25) is 10.0 Å². The van der Waals surface area contributed by atoms with Gasteiger partial charge in [-0.15, -0.1) is 23.2 Å². The summed E-state index contributed by atoms with van der Waals surface area (Å²) in [5.74, 6) is 0. The summed E-state index contributed by atoms with van der Waals surface area (Å²) in [5.41, 5.74) is 1.96. The molecule has 474 valence electrons. The van der Waals surface area contributed by atoms with Crippen molar-refractivity contribution >= 4 is 241 Å². The van der Waals surface area contributed by atoms with Gasteiger partial charge in [-0.2, -0.15) is 0 Å². The number of benzene rings is 6. The Bertz CT molecular complexity index is 2090. The Labute approximate surface area is 586 Å². The first-order chi connectivity index (χ1) is 34.0. The van der Waals surface area contributed by atoms with Crippen LogP contribution in [0, 0.1) is 44.6 Å². The minimum absolute atomic E-state index is 0. The fourth-order valence-corrected chi connectivity index (χ4v) is 18.6. The van der Waals surface area contributed by atoms with Crippen LogP contribution < -0.4 is 30.2 Å². The van der Waals surface area contributed by atoms with E-state index in [0.29, 0.717) is 32.1 Å². The van der Waals surface area contributed by atoms with Crippen molar-refractivity contribution in [1.82, 2.24) is 0 Å². The van der Waals surface area contributed by atoms with Crippen molar-refractivity contribution in [2.24, 2.45) is 0 Å². The average molecular weight is 2000 g/mol. The van der Waals surface area contributed by atoms with E-state index in [1.54, 1.807) is 4.69 Å². The van der Waals surface area contributed by atoms with Gasteiger partial charge in [0.25, 0.3) is 0 Å². The van der Waals surface area contributed by atoms with Crippen molar-refractivity contribution in [2.75, 3.05) is 10.6 Å². The molecule has 2 nitrogen and oxygen atoms in total. The third-order valence-corrected chi connectivity index (χ3v) is 28.8. The van der Waals surface area contributed by atoms with Gasteiger partial charge in [0.2, 0.25) is 0 Å². The Hall–Kier alpha value is 2.39. The number of anilines is 2. The molecule has 0 aromatic heterocycles. The molecule has 6 aromatic rings. The van der Waals surface area contributed by atoms with Gasteiger partial charge in [-0.05, 0) is 17.4 Å². The van der Waals surface area contributed by atoms with E-state index in [9.17, 15) is 0 Å². The second kappa shape index (κ2) is 79.4. The van der Waals surface area contributed by atoms with Crippen molar-refractivity contribution in [3.8, 4) is 0 Å². The molecule has 6 rings (SSSR count). The molecule has 0 saturated heterocycles. The number of hydrogen-bond acceptors (Lipinski definition) is 2. The molecule has 6 aromatic carbocycles. The van der Waals surface area contributed by atoms with Gasteiger partial charge < -0.3 is 49.9 Å². The zero-order valence-electron chi connectivity index (χ0n) is 44.8. The van der Waals surface area contributed by atoms with Crippen LogP contribution in [0.1, 0.15) is 63.8 Å². The number of hydrogen-bond donors (Lipinski definition) is 2. The van der Waals surface area contributed by atoms with Crippen LogP contribution in [0.4, 0.5) is 11.4 Å². The molecular formula is C57H86Cl14N2Os2P2RuSe2-6. The predicted molar refractivity (Wildman–Crippen MR) is 395 cm³/mol. The minimum atomic E-state index is -1.94. The second-order valence-electron chi connectivity index (χ2n) is 10.9. The Balaban J connectivity index is -0.0000000666. The fourth-order valence-electron chi connectivity index (χ4n) is 3.79. The topological polar surface area (TPSA) is 24.1 Å².